The second-order valence-corrected chi connectivity index (χ2v) is 8.97. The fourth-order valence-corrected chi connectivity index (χ4v) is 4.07. The Morgan fingerprint density at radius 1 is 0.951 bits per heavy atom. The third-order valence-electron chi connectivity index (χ3n) is 5.89. The summed E-state index contributed by atoms with van der Waals surface area (Å²) in [7, 11) is 0. The molecule has 218 valence electrons. The third kappa shape index (κ3) is 6.33. The summed E-state index contributed by atoms with van der Waals surface area (Å²) in [6.45, 7) is 0.542. The van der Waals surface area contributed by atoms with Gasteiger partial charge in [-0.05, 0) is 19.1 Å². The Bertz CT molecular complexity index is 1700. The molecular weight excluding hydrogens is 575 g/mol. The summed E-state index contributed by atoms with van der Waals surface area (Å²) in [6.07, 6.45) is -10.0. The number of rotatable bonds is 7. The van der Waals surface area contributed by atoms with Gasteiger partial charge in [-0.15, -0.1) is 0 Å². The maximum atomic E-state index is 14.9. The molecule has 0 aliphatic heterocycles. The number of aromatic amines is 1. The molecule has 2 atom stereocenters. The maximum Gasteiger partial charge on any atom is 0.423 e. The van der Waals surface area contributed by atoms with Crippen LogP contribution in [-0.4, -0.2) is 36.9 Å². The van der Waals surface area contributed by atoms with Gasteiger partial charge < -0.3 is 9.88 Å². The monoisotopic (exact) mass is 592 g/mol. The molecule has 0 saturated heterocycles. The minimum Gasteiger partial charge on any atom is -0.381 e. The number of anilines is 1. The van der Waals surface area contributed by atoms with E-state index in [-0.39, 0.29) is 0 Å². The summed E-state index contributed by atoms with van der Waals surface area (Å²) in [5.74, 6) is -2.76. The number of nitrogens with zero attached hydrogens (tertiary/aromatic N) is 4. The van der Waals surface area contributed by atoms with Gasteiger partial charge in [0.1, 0.15) is 23.4 Å². The fraction of sp³-hybridized carbons (Fsp3) is 0.292. The number of pyridine rings is 1. The molecule has 0 aliphatic carbocycles. The van der Waals surface area contributed by atoms with Crippen molar-refractivity contribution >= 4 is 16.5 Å². The molecule has 1 aromatic carbocycles. The molecule has 3 heterocycles. The van der Waals surface area contributed by atoms with E-state index in [9.17, 15) is 49.1 Å². The summed E-state index contributed by atoms with van der Waals surface area (Å²) < 4.78 is 123. The Labute approximate surface area is 222 Å². The van der Waals surface area contributed by atoms with Gasteiger partial charge in [-0.2, -0.15) is 31.4 Å². The van der Waals surface area contributed by atoms with Crippen LogP contribution in [-0.2, 0) is 18.9 Å². The summed E-state index contributed by atoms with van der Waals surface area (Å²) >= 11 is 0. The predicted octanol–water partition coefficient (Wildman–Crippen LogP) is 5.09. The SMILES string of the molecule is C[C@@H](C[C@@H](F)Cn1cc(F)c2cc(-c3ncc(C(F)(F)F)cn3)c(F)cc2c1=O)Nc1cn[nH]c(=O)c1C(F)(F)F. The van der Waals surface area contributed by atoms with Crippen molar-refractivity contribution in [1.82, 2.24) is 24.7 Å². The van der Waals surface area contributed by atoms with Gasteiger partial charge in [-0.3, -0.25) is 9.59 Å². The van der Waals surface area contributed by atoms with Crippen molar-refractivity contribution in [3.8, 4) is 11.4 Å². The number of nitrogens with one attached hydrogen (secondary N) is 2. The summed E-state index contributed by atoms with van der Waals surface area (Å²) in [5, 5.41) is 6.34. The topological polar surface area (TPSA) is 106 Å². The van der Waals surface area contributed by atoms with Crippen molar-refractivity contribution in [2.24, 2.45) is 0 Å². The van der Waals surface area contributed by atoms with Gasteiger partial charge in [0.15, 0.2) is 5.82 Å². The van der Waals surface area contributed by atoms with E-state index in [1.807, 2.05) is 0 Å². The van der Waals surface area contributed by atoms with E-state index in [1.54, 1.807) is 5.10 Å². The van der Waals surface area contributed by atoms with Gasteiger partial charge >= 0.3 is 12.4 Å². The Balaban J connectivity index is 1.56. The van der Waals surface area contributed by atoms with E-state index < -0.39 is 99.3 Å². The summed E-state index contributed by atoms with van der Waals surface area (Å²) in [4.78, 5) is 31.4. The Morgan fingerprint density at radius 3 is 2.22 bits per heavy atom. The molecule has 41 heavy (non-hydrogen) atoms. The fourth-order valence-electron chi connectivity index (χ4n) is 4.07. The first-order valence-electron chi connectivity index (χ1n) is 11.5. The van der Waals surface area contributed by atoms with Gasteiger partial charge in [0.25, 0.3) is 11.1 Å². The molecule has 4 aromatic rings. The second-order valence-electron chi connectivity index (χ2n) is 8.97. The van der Waals surface area contributed by atoms with Crippen molar-refractivity contribution in [2.45, 2.75) is 44.5 Å². The van der Waals surface area contributed by atoms with Crippen LogP contribution in [0.15, 0.2) is 46.5 Å². The molecule has 2 N–H and O–H groups in total. The number of hydrogen-bond donors (Lipinski definition) is 2. The molecule has 17 heteroatoms. The van der Waals surface area contributed by atoms with Crippen LogP contribution < -0.4 is 16.4 Å². The lowest BCUT2D eigenvalue weighted by Crippen LogP contribution is -2.30. The molecule has 0 bridgehead atoms. The predicted molar refractivity (Wildman–Crippen MR) is 127 cm³/mol. The quantitative estimate of drug-likeness (QED) is 0.290. The van der Waals surface area contributed by atoms with E-state index in [4.69, 9.17) is 0 Å². The van der Waals surface area contributed by atoms with E-state index in [2.05, 4.69) is 20.4 Å². The number of halogens is 9. The van der Waals surface area contributed by atoms with Crippen molar-refractivity contribution in [1.29, 1.82) is 0 Å². The van der Waals surface area contributed by atoms with E-state index in [1.165, 1.54) is 6.92 Å². The molecule has 0 fully saturated rings. The highest BCUT2D eigenvalue weighted by atomic mass is 19.4. The zero-order chi connectivity index (χ0) is 30.3. The molecule has 0 unspecified atom stereocenters. The van der Waals surface area contributed by atoms with Crippen molar-refractivity contribution in [3.63, 3.8) is 0 Å². The van der Waals surface area contributed by atoms with Gasteiger partial charge in [-0.1, -0.05) is 0 Å². The lowest BCUT2D eigenvalue weighted by molar-refractivity contribution is -0.139. The standard InChI is InChI=1S/C24H17F9N6O2/c1-10(37-18-7-36-38-21(40)19(18)24(31,32)33)2-12(25)8-39-9-17(27)13-3-15(16(26)4-14(13)22(39)41)20-34-5-11(6-35-20)23(28,29)30/h3-7,9-10,12H,2,8H2,1H3,(H2,37,38,40)/t10-,12+/m0/s1. The zero-order valence-electron chi connectivity index (χ0n) is 20.5. The smallest absolute Gasteiger partial charge is 0.381 e. The second kappa shape index (κ2) is 10.9. The number of benzene rings is 1. The van der Waals surface area contributed by atoms with E-state index in [0.29, 0.717) is 35.4 Å². The van der Waals surface area contributed by atoms with Crippen molar-refractivity contribution < 1.29 is 39.5 Å². The number of aromatic nitrogens is 5. The minimum absolute atomic E-state index is 0.411. The van der Waals surface area contributed by atoms with Crippen LogP contribution in [0.5, 0.6) is 0 Å². The highest BCUT2D eigenvalue weighted by Gasteiger charge is 2.37. The van der Waals surface area contributed by atoms with Crippen molar-refractivity contribution in [2.75, 3.05) is 5.32 Å². The average Bonchev–Trinajstić information content (AvgIpc) is 2.85. The summed E-state index contributed by atoms with van der Waals surface area (Å²) in [6, 6.07) is 0.435. The Hall–Kier alpha value is -4.44. The zero-order valence-corrected chi connectivity index (χ0v) is 20.5. The first kappa shape index (κ1) is 29.5. The molecule has 8 nitrogen and oxygen atoms in total. The molecule has 0 aliphatic rings. The normalized spacial score (nSPS) is 13.8. The maximum absolute atomic E-state index is 14.9. The van der Waals surface area contributed by atoms with Gasteiger partial charge in [-0.25, -0.2) is 28.2 Å². The van der Waals surface area contributed by atoms with Crippen LogP contribution in [0.3, 0.4) is 0 Å². The third-order valence-corrected chi connectivity index (χ3v) is 5.89. The van der Waals surface area contributed by atoms with Crippen molar-refractivity contribution in [3.05, 3.63) is 80.4 Å². The average molecular weight is 592 g/mol. The minimum atomic E-state index is -5.03. The molecule has 0 spiro atoms. The molecular formula is C24H17F9N6O2. The van der Waals surface area contributed by atoms with E-state index >= 15 is 0 Å². The highest BCUT2D eigenvalue weighted by Crippen LogP contribution is 2.32. The lowest BCUT2D eigenvalue weighted by Gasteiger charge is -2.20. The first-order chi connectivity index (χ1) is 19.1. The molecule has 4 rings (SSSR count). The van der Waals surface area contributed by atoms with Crippen LogP contribution >= 0.6 is 0 Å². The number of hydrogen-bond acceptors (Lipinski definition) is 6. The first-order valence-corrected chi connectivity index (χ1v) is 11.5. The molecule has 0 saturated carbocycles. The molecule has 0 radical (unpaired) electrons. The number of H-pyrrole nitrogens is 1. The van der Waals surface area contributed by atoms with Gasteiger partial charge in [0.2, 0.25) is 0 Å². The van der Waals surface area contributed by atoms with Crippen LogP contribution in [0.25, 0.3) is 22.2 Å². The van der Waals surface area contributed by atoms with Crippen LogP contribution in [0.4, 0.5) is 45.2 Å². The van der Waals surface area contributed by atoms with Gasteiger partial charge in [0.05, 0.1) is 34.9 Å². The van der Waals surface area contributed by atoms with Crippen LogP contribution in [0, 0.1) is 11.6 Å². The number of alkyl halides is 7. The lowest BCUT2D eigenvalue weighted by atomic mass is 10.1. The largest absolute Gasteiger partial charge is 0.423 e. The summed E-state index contributed by atoms with van der Waals surface area (Å²) in [5.41, 5.74) is -6.47. The Morgan fingerprint density at radius 2 is 1.61 bits per heavy atom. The van der Waals surface area contributed by atoms with Crippen LogP contribution in [0.1, 0.15) is 24.5 Å². The Kier molecular flexibility index (Phi) is 7.82. The number of fused-ring (bicyclic) bond motifs is 1. The molecule has 3 aromatic heterocycles. The van der Waals surface area contributed by atoms with E-state index in [0.717, 1.165) is 6.07 Å². The highest BCUT2D eigenvalue weighted by molar-refractivity contribution is 5.86. The van der Waals surface area contributed by atoms with Gasteiger partial charge in [0, 0.05) is 36.4 Å². The molecule has 0 amide bonds. The van der Waals surface area contributed by atoms with Crippen LogP contribution in [0.2, 0.25) is 0 Å².